The molecular weight excluding hydrogens is 465 g/mol. The van der Waals surface area contributed by atoms with Crippen LogP contribution in [-0.4, -0.2) is 117 Å². The predicted octanol–water partition coefficient (Wildman–Crippen LogP) is 1.74. The number of carbonyl (C=O) groups excluding carboxylic acids is 1. The van der Waals surface area contributed by atoms with E-state index in [0.717, 1.165) is 32.8 Å². The van der Waals surface area contributed by atoms with E-state index in [4.69, 9.17) is 14.2 Å². The highest BCUT2D eigenvalue weighted by atomic mass is 19.1. The van der Waals surface area contributed by atoms with Crippen molar-refractivity contribution < 1.29 is 28.5 Å². The number of morpholine rings is 2. The molecule has 9 heteroatoms. The first kappa shape index (κ1) is 26.5. The lowest BCUT2D eigenvalue weighted by molar-refractivity contribution is -0.0545. The van der Waals surface area contributed by atoms with E-state index in [2.05, 4.69) is 9.80 Å². The second kappa shape index (κ2) is 13.7. The number of hydrogen-bond acceptors (Lipinski definition) is 7. The van der Waals surface area contributed by atoms with Gasteiger partial charge >= 0.3 is 0 Å². The summed E-state index contributed by atoms with van der Waals surface area (Å²) in [6, 6.07) is 15.1. The van der Waals surface area contributed by atoms with Crippen LogP contribution >= 0.6 is 0 Å². The fraction of sp³-hybridized carbons (Fsp3) is 0.519. The third-order valence-electron chi connectivity index (χ3n) is 6.47. The molecule has 2 heterocycles. The van der Waals surface area contributed by atoms with Crippen molar-refractivity contribution in [1.82, 2.24) is 14.7 Å². The molecule has 36 heavy (non-hydrogen) atoms. The Balaban J connectivity index is 1.30. The van der Waals surface area contributed by atoms with E-state index in [9.17, 15) is 14.3 Å². The summed E-state index contributed by atoms with van der Waals surface area (Å²) >= 11 is 0. The summed E-state index contributed by atoms with van der Waals surface area (Å²) in [5.74, 6) is 0.190. The van der Waals surface area contributed by atoms with Crippen molar-refractivity contribution in [3.63, 3.8) is 0 Å². The van der Waals surface area contributed by atoms with Gasteiger partial charge in [0, 0.05) is 57.9 Å². The van der Waals surface area contributed by atoms with Crippen LogP contribution in [0.4, 0.5) is 4.39 Å². The molecule has 2 aliphatic rings. The third-order valence-corrected chi connectivity index (χ3v) is 6.47. The number of aliphatic hydroxyl groups excluding tert-OH is 1. The largest absolute Gasteiger partial charge is 0.491 e. The Bertz CT molecular complexity index is 927. The number of halogens is 1. The van der Waals surface area contributed by atoms with Gasteiger partial charge in [-0.05, 0) is 36.4 Å². The number of carbonyl (C=O) groups is 1. The van der Waals surface area contributed by atoms with Crippen LogP contribution in [0.25, 0.3) is 0 Å². The number of hydrogen-bond donors (Lipinski definition) is 1. The van der Waals surface area contributed by atoms with Gasteiger partial charge in [-0.1, -0.05) is 18.2 Å². The highest BCUT2D eigenvalue weighted by Gasteiger charge is 2.27. The minimum Gasteiger partial charge on any atom is -0.491 e. The minimum atomic E-state index is -0.697. The molecule has 2 aromatic carbocycles. The average Bonchev–Trinajstić information content (AvgIpc) is 2.91. The summed E-state index contributed by atoms with van der Waals surface area (Å²) in [5, 5.41) is 10.5. The Morgan fingerprint density at radius 3 is 2.53 bits per heavy atom. The van der Waals surface area contributed by atoms with Crippen molar-refractivity contribution in [2.45, 2.75) is 12.2 Å². The zero-order chi connectivity index (χ0) is 25.2. The SMILES string of the molecule is O=C(c1ccccc1)N(CCN1CCOCC1)C[C@@H]1CN(C[C@H](O)COc2ccc(F)cc2)CCO1. The third kappa shape index (κ3) is 8.25. The van der Waals surface area contributed by atoms with Gasteiger partial charge in [0.15, 0.2) is 0 Å². The molecule has 4 rings (SSSR count). The predicted molar refractivity (Wildman–Crippen MR) is 134 cm³/mol. The molecule has 0 radical (unpaired) electrons. The zero-order valence-corrected chi connectivity index (χ0v) is 20.6. The number of aliphatic hydroxyl groups is 1. The van der Waals surface area contributed by atoms with Crippen molar-refractivity contribution in [3.8, 4) is 5.75 Å². The lowest BCUT2D eigenvalue weighted by atomic mass is 10.1. The number of β-amino-alcohol motifs (C(OH)–C–C–N with tert-alkyl or cyclic N) is 1. The van der Waals surface area contributed by atoms with E-state index in [1.165, 1.54) is 12.1 Å². The second-order valence-corrected chi connectivity index (χ2v) is 9.24. The first-order valence-electron chi connectivity index (χ1n) is 12.6. The minimum absolute atomic E-state index is 0.00249. The van der Waals surface area contributed by atoms with Crippen LogP contribution in [0.15, 0.2) is 54.6 Å². The van der Waals surface area contributed by atoms with Gasteiger partial charge < -0.3 is 24.2 Å². The van der Waals surface area contributed by atoms with Crippen LogP contribution in [0.2, 0.25) is 0 Å². The maximum absolute atomic E-state index is 13.3. The molecule has 2 aromatic rings. The van der Waals surface area contributed by atoms with Crippen LogP contribution in [0.1, 0.15) is 10.4 Å². The van der Waals surface area contributed by atoms with Gasteiger partial charge in [-0.2, -0.15) is 0 Å². The quantitative estimate of drug-likeness (QED) is 0.503. The number of benzene rings is 2. The molecule has 1 amide bonds. The molecule has 0 unspecified atom stereocenters. The number of rotatable bonds is 11. The van der Waals surface area contributed by atoms with E-state index in [0.29, 0.717) is 50.6 Å². The van der Waals surface area contributed by atoms with Gasteiger partial charge in [0.05, 0.1) is 25.9 Å². The lowest BCUT2D eigenvalue weighted by Gasteiger charge is -2.37. The van der Waals surface area contributed by atoms with Crippen molar-refractivity contribution in [3.05, 3.63) is 66.0 Å². The summed E-state index contributed by atoms with van der Waals surface area (Å²) in [4.78, 5) is 19.7. The molecule has 2 aliphatic heterocycles. The Kier molecular flexibility index (Phi) is 10.1. The van der Waals surface area contributed by atoms with Gasteiger partial charge in [0.2, 0.25) is 0 Å². The van der Waals surface area contributed by atoms with Crippen molar-refractivity contribution >= 4 is 5.91 Å². The van der Waals surface area contributed by atoms with Gasteiger partial charge in [-0.15, -0.1) is 0 Å². The molecule has 196 valence electrons. The van der Waals surface area contributed by atoms with E-state index in [1.54, 1.807) is 12.1 Å². The van der Waals surface area contributed by atoms with E-state index >= 15 is 0 Å². The first-order valence-corrected chi connectivity index (χ1v) is 12.6. The molecule has 2 fully saturated rings. The molecule has 0 aliphatic carbocycles. The fourth-order valence-electron chi connectivity index (χ4n) is 4.50. The molecule has 2 saturated heterocycles. The molecule has 0 spiro atoms. The normalized spacial score (nSPS) is 20.1. The van der Waals surface area contributed by atoms with Gasteiger partial charge in [0.1, 0.15) is 24.3 Å². The molecular formula is C27H36FN3O5. The number of amides is 1. The fourth-order valence-corrected chi connectivity index (χ4v) is 4.50. The molecule has 0 saturated carbocycles. The van der Waals surface area contributed by atoms with Gasteiger partial charge in [-0.3, -0.25) is 14.6 Å². The maximum Gasteiger partial charge on any atom is 0.253 e. The van der Waals surface area contributed by atoms with Gasteiger partial charge in [0.25, 0.3) is 5.91 Å². The van der Waals surface area contributed by atoms with Crippen molar-refractivity contribution in [2.24, 2.45) is 0 Å². The van der Waals surface area contributed by atoms with E-state index < -0.39 is 6.10 Å². The Morgan fingerprint density at radius 2 is 1.78 bits per heavy atom. The van der Waals surface area contributed by atoms with E-state index in [1.807, 2.05) is 35.2 Å². The monoisotopic (exact) mass is 501 g/mol. The highest BCUT2D eigenvalue weighted by molar-refractivity contribution is 5.94. The summed E-state index contributed by atoms with van der Waals surface area (Å²) in [5.41, 5.74) is 0.667. The Labute approximate surface area is 212 Å². The van der Waals surface area contributed by atoms with Crippen LogP contribution in [-0.2, 0) is 9.47 Å². The van der Waals surface area contributed by atoms with Gasteiger partial charge in [-0.25, -0.2) is 4.39 Å². The van der Waals surface area contributed by atoms with E-state index in [-0.39, 0.29) is 24.4 Å². The highest BCUT2D eigenvalue weighted by Crippen LogP contribution is 2.14. The smallest absolute Gasteiger partial charge is 0.253 e. The Morgan fingerprint density at radius 1 is 1.06 bits per heavy atom. The zero-order valence-electron chi connectivity index (χ0n) is 20.6. The molecule has 1 N–H and O–H groups in total. The standard InChI is InChI=1S/C27H36FN3O5/c28-23-6-8-25(9-7-23)36-21-24(32)18-30-14-17-35-26(19-30)20-31(11-10-29-12-15-34-16-13-29)27(33)22-4-2-1-3-5-22/h1-9,24,26,32H,10-21H2/t24-,26-/m0/s1. The van der Waals surface area contributed by atoms with Crippen molar-refractivity contribution in [2.75, 3.05) is 78.8 Å². The topological polar surface area (TPSA) is 74.7 Å². The van der Waals surface area contributed by atoms with Crippen LogP contribution in [0.5, 0.6) is 5.75 Å². The van der Waals surface area contributed by atoms with Crippen LogP contribution in [0, 0.1) is 5.82 Å². The summed E-state index contributed by atoms with van der Waals surface area (Å²) in [7, 11) is 0. The molecule has 0 bridgehead atoms. The summed E-state index contributed by atoms with van der Waals surface area (Å²) in [6.45, 7) is 7.48. The first-order chi connectivity index (χ1) is 17.6. The maximum atomic E-state index is 13.3. The number of ether oxygens (including phenoxy) is 3. The lowest BCUT2D eigenvalue weighted by Crippen LogP contribution is -2.52. The summed E-state index contributed by atoms with van der Waals surface area (Å²) < 4.78 is 30.1. The van der Waals surface area contributed by atoms with Crippen LogP contribution < -0.4 is 4.74 Å². The molecule has 0 aromatic heterocycles. The van der Waals surface area contributed by atoms with Crippen LogP contribution in [0.3, 0.4) is 0 Å². The molecule has 8 nitrogen and oxygen atoms in total. The van der Waals surface area contributed by atoms with Crippen molar-refractivity contribution in [1.29, 1.82) is 0 Å². The average molecular weight is 502 g/mol. The number of nitrogens with zero attached hydrogens (tertiary/aromatic N) is 3. The summed E-state index contributed by atoms with van der Waals surface area (Å²) in [6.07, 6.45) is -0.849. The second-order valence-electron chi connectivity index (χ2n) is 9.24. The molecule has 2 atom stereocenters. The Hall–Kier alpha value is -2.56.